The lowest BCUT2D eigenvalue weighted by Gasteiger charge is -2.22. The van der Waals surface area contributed by atoms with Gasteiger partial charge in [0, 0.05) is 6.04 Å². The molecule has 1 aliphatic heterocycles. The summed E-state index contributed by atoms with van der Waals surface area (Å²) >= 11 is 8.51. The summed E-state index contributed by atoms with van der Waals surface area (Å²) in [5.41, 5.74) is 7.59. The average Bonchev–Trinajstić information content (AvgIpc) is 3.06. The monoisotopic (exact) mass is 416 g/mol. The summed E-state index contributed by atoms with van der Waals surface area (Å²) in [6.45, 7) is 4.17. The molecule has 0 radical (unpaired) electrons. The van der Waals surface area contributed by atoms with E-state index in [1.54, 1.807) is 6.20 Å². The van der Waals surface area contributed by atoms with E-state index in [0.29, 0.717) is 5.02 Å². The first-order valence-electron chi connectivity index (χ1n) is 6.46. The van der Waals surface area contributed by atoms with Crippen LogP contribution in [0.2, 0.25) is 5.02 Å². The van der Waals surface area contributed by atoms with Crippen LogP contribution in [0.5, 0.6) is 0 Å². The van der Waals surface area contributed by atoms with Gasteiger partial charge in [-0.2, -0.15) is 5.10 Å². The zero-order valence-corrected chi connectivity index (χ0v) is 14.4. The number of rotatable bonds is 3. The molecular formula is C13H14ClIN6. The highest BCUT2D eigenvalue weighted by atomic mass is 127. The van der Waals surface area contributed by atoms with Crippen LogP contribution < -0.4 is 11.1 Å². The van der Waals surface area contributed by atoms with Gasteiger partial charge in [0.05, 0.1) is 22.5 Å². The molecule has 6 nitrogen and oxygen atoms in total. The number of hydrazine groups is 2. The number of hydrogen-bond donors (Lipinski definition) is 2. The third-order valence-corrected chi connectivity index (χ3v) is 4.47. The Kier molecular flexibility index (Phi) is 4.05. The van der Waals surface area contributed by atoms with Crippen LogP contribution in [-0.2, 0) is 0 Å². The summed E-state index contributed by atoms with van der Waals surface area (Å²) in [5, 5.41) is 11.4. The minimum absolute atomic E-state index is 0.262. The van der Waals surface area contributed by atoms with Crippen molar-refractivity contribution >= 4 is 40.0 Å². The van der Waals surface area contributed by atoms with E-state index in [1.807, 2.05) is 34.0 Å². The molecule has 0 saturated heterocycles. The third-order valence-electron chi connectivity index (χ3n) is 3.11. The van der Waals surface area contributed by atoms with E-state index in [1.165, 1.54) is 0 Å². The molecule has 2 heterocycles. The maximum absolute atomic E-state index is 6.25. The van der Waals surface area contributed by atoms with Crippen LogP contribution in [0.3, 0.4) is 0 Å². The molecule has 21 heavy (non-hydrogen) atoms. The SMILES string of the molecule is CC(C)N1NNN=C1c1cnn(-c2ccccc2Cl)c1I. The zero-order valence-electron chi connectivity index (χ0n) is 11.5. The summed E-state index contributed by atoms with van der Waals surface area (Å²) in [6, 6.07) is 7.89. The molecule has 0 bridgehead atoms. The number of aromatic nitrogens is 2. The lowest BCUT2D eigenvalue weighted by Crippen LogP contribution is -2.45. The number of amidine groups is 1. The van der Waals surface area contributed by atoms with E-state index in [-0.39, 0.29) is 6.04 Å². The van der Waals surface area contributed by atoms with Crippen LogP contribution >= 0.6 is 34.2 Å². The van der Waals surface area contributed by atoms with E-state index in [4.69, 9.17) is 11.6 Å². The predicted octanol–water partition coefficient (Wildman–Crippen LogP) is 2.53. The summed E-state index contributed by atoms with van der Waals surface area (Å²) in [4.78, 5) is 0. The normalized spacial score (nSPS) is 14.5. The van der Waals surface area contributed by atoms with Gasteiger partial charge in [0.2, 0.25) is 0 Å². The summed E-state index contributed by atoms with van der Waals surface area (Å²) in [6.07, 6.45) is 1.80. The smallest absolute Gasteiger partial charge is 0.177 e. The van der Waals surface area contributed by atoms with Crippen LogP contribution in [0.25, 0.3) is 5.69 Å². The van der Waals surface area contributed by atoms with Crippen molar-refractivity contribution < 1.29 is 0 Å². The molecule has 110 valence electrons. The van der Waals surface area contributed by atoms with E-state index >= 15 is 0 Å². The number of para-hydroxylation sites is 1. The van der Waals surface area contributed by atoms with Crippen molar-refractivity contribution in [2.24, 2.45) is 5.10 Å². The second-order valence-corrected chi connectivity index (χ2v) is 6.26. The van der Waals surface area contributed by atoms with Gasteiger partial charge in [-0.25, -0.2) is 10.2 Å². The molecule has 2 N–H and O–H groups in total. The highest BCUT2D eigenvalue weighted by Gasteiger charge is 2.26. The van der Waals surface area contributed by atoms with Crippen molar-refractivity contribution in [3.05, 3.63) is 44.7 Å². The summed E-state index contributed by atoms with van der Waals surface area (Å²) in [7, 11) is 0. The topological polar surface area (TPSA) is 57.5 Å². The maximum Gasteiger partial charge on any atom is 0.177 e. The van der Waals surface area contributed by atoms with Gasteiger partial charge in [0.25, 0.3) is 0 Å². The van der Waals surface area contributed by atoms with Gasteiger partial charge in [-0.3, -0.25) is 5.01 Å². The molecule has 1 aromatic heterocycles. The molecule has 0 aliphatic carbocycles. The number of hydrazone groups is 1. The van der Waals surface area contributed by atoms with Gasteiger partial charge >= 0.3 is 0 Å². The van der Waals surface area contributed by atoms with Crippen LogP contribution in [0, 0.1) is 3.70 Å². The Morgan fingerprint density at radius 3 is 2.76 bits per heavy atom. The Morgan fingerprint density at radius 1 is 1.29 bits per heavy atom. The maximum atomic E-state index is 6.25. The van der Waals surface area contributed by atoms with Gasteiger partial charge < -0.3 is 0 Å². The minimum atomic E-state index is 0.262. The van der Waals surface area contributed by atoms with E-state index in [0.717, 1.165) is 20.8 Å². The summed E-state index contributed by atoms with van der Waals surface area (Å²) in [5.74, 6) is 0.813. The van der Waals surface area contributed by atoms with Gasteiger partial charge in [-0.1, -0.05) is 23.7 Å². The fraction of sp³-hybridized carbons (Fsp3) is 0.231. The zero-order chi connectivity index (χ0) is 15.0. The second kappa shape index (κ2) is 5.82. The van der Waals surface area contributed by atoms with E-state index in [9.17, 15) is 0 Å². The molecule has 0 unspecified atom stereocenters. The van der Waals surface area contributed by atoms with Crippen molar-refractivity contribution in [2.45, 2.75) is 19.9 Å². The number of nitrogens with one attached hydrogen (secondary N) is 2. The predicted molar refractivity (Wildman–Crippen MR) is 91.1 cm³/mol. The Labute approximate surface area is 141 Å². The molecule has 0 saturated carbocycles. The van der Waals surface area contributed by atoms with E-state index < -0.39 is 0 Å². The molecule has 8 heteroatoms. The fourth-order valence-corrected chi connectivity index (χ4v) is 3.06. The standard InChI is InChI=1S/C13H14ClIN6/c1-8(2)20-13(17-18-19-20)9-7-16-21(12(9)15)11-6-4-3-5-10(11)14/h3-8,18-19H,1-2H3. The molecule has 0 spiro atoms. The first-order chi connectivity index (χ1) is 10.1. The highest BCUT2D eigenvalue weighted by Crippen LogP contribution is 2.24. The molecule has 0 fully saturated rings. The average molecular weight is 417 g/mol. The van der Waals surface area contributed by atoms with Crippen molar-refractivity contribution in [3.8, 4) is 5.69 Å². The highest BCUT2D eigenvalue weighted by molar-refractivity contribution is 14.1. The number of hydrogen-bond acceptors (Lipinski definition) is 5. The van der Waals surface area contributed by atoms with Crippen LogP contribution in [0.4, 0.5) is 0 Å². The van der Waals surface area contributed by atoms with Crippen molar-refractivity contribution in [3.63, 3.8) is 0 Å². The van der Waals surface area contributed by atoms with Crippen LogP contribution in [0.1, 0.15) is 19.4 Å². The molecular weight excluding hydrogens is 403 g/mol. The Morgan fingerprint density at radius 2 is 2.05 bits per heavy atom. The first kappa shape index (κ1) is 14.6. The number of benzene rings is 1. The van der Waals surface area contributed by atoms with Crippen molar-refractivity contribution in [1.29, 1.82) is 0 Å². The van der Waals surface area contributed by atoms with E-state index in [2.05, 4.69) is 57.7 Å². The Bertz CT molecular complexity index is 696. The quantitative estimate of drug-likeness (QED) is 0.755. The minimum Gasteiger partial charge on any atom is -0.268 e. The largest absolute Gasteiger partial charge is 0.268 e. The van der Waals surface area contributed by atoms with Crippen LogP contribution in [-0.4, -0.2) is 26.7 Å². The molecule has 2 aromatic rings. The van der Waals surface area contributed by atoms with Gasteiger partial charge in [-0.05, 0) is 48.6 Å². The summed E-state index contributed by atoms with van der Waals surface area (Å²) < 4.78 is 2.77. The molecule has 3 rings (SSSR count). The Balaban J connectivity index is 2.03. The molecule has 1 aromatic carbocycles. The molecule has 0 atom stereocenters. The van der Waals surface area contributed by atoms with Gasteiger partial charge in [-0.15, -0.1) is 10.6 Å². The van der Waals surface area contributed by atoms with Crippen molar-refractivity contribution in [1.82, 2.24) is 25.9 Å². The first-order valence-corrected chi connectivity index (χ1v) is 7.91. The lowest BCUT2D eigenvalue weighted by atomic mass is 10.2. The second-order valence-electron chi connectivity index (χ2n) is 4.84. The third kappa shape index (κ3) is 2.60. The molecule has 1 aliphatic rings. The van der Waals surface area contributed by atoms with Crippen molar-refractivity contribution in [2.75, 3.05) is 0 Å². The van der Waals surface area contributed by atoms with Gasteiger partial charge in [0.15, 0.2) is 5.84 Å². The lowest BCUT2D eigenvalue weighted by molar-refractivity contribution is 0.246. The fourth-order valence-electron chi connectivity index (χ4n) is 2.08. The van der Waals surface area contributed by atoms with Gasteiger partial charge in [0.1, 0.15) is 3.70 Å². The molecule has 0 amide bonds. The number of halogens is 2. The Hall–Kier alpha value is -1.32. The van der Waals surface area contributed by atoms with Crippen LogP contribution in [0.15, 0.2) is 35.6 Å². The number of nitrogens with zero attached hydrogens (tertiary/aromatic N) is 4.